The number of benzene rings is 1. The van der Waals surface area contributed by atoms with Gasteiger partial charge in [-0.1, -0.05) is 29.3 Å². The molecule has 0 saturated heterocycles. The molecule has 6 heteroatoms. The molecule has 0 fully saturated rings. The van der Waals surface area contributed by atoms with Crippen molar-refractivity contribution < 1.29 is 4.74 Å². The minimum atomic E-state index is 0.348. The fourth-order valence-electron chi connectivity index (χ4n) is 1.17. The summed E-state index contributed by atoms with van der Waals surface area (Å²) in [5.74, 6) is 0.583. The lowest BCUT2D eigenvalue weighted by Gasteiger charge is -2.07. The van der Waals surface area contributed by atoms with Crippen LogP contribution in [-0.4, -0.2) is 9.97 Å². The minimum Gasteiger partial charge on any atom is -0.486 e. The number of nitrogens with zero attached hydrogens (tertiary/aromatic N) is 2. The van der Waals surface area contributed by atoms with Crippen LogP contribution in [-0.2, 0) is 6.61 Å². The summed E-state index contributed by atoms with van der Waals surface area (Å²) < 4.78 is 6.02. The molecule has 0 amide bonds. The maximum absolute atomic E-state index is 6.02. The average molecular weight is 334 g/mol. The lowest BCUT2D eigenvalue weighted by Crippen LogP contribution is -1.97. The van der Waals surface area contributed by atoms with Crippen molar-refractivity contribution in [2.75, 3.05) is 0 Å². The predicted octanol–water partition coefficient (Wildman–Crippen LogP) is 4.12. The van der Waals surface area contributed by atoms with E-state index in [4.69, 9.17) is 27.9 Å². The Kier molecular flexibility index (Phi) is 4.20. The quantitative estimate of drug-likeness (QED) is 0.792. The van der Waals surface area contributed by atoms with Gasteiger partial charge in [0.2, 0.25) is 0 Å². The predicted molar refractivity (Wildman–Crippen MR) is 70.5 cm³/mol. The number of rotatable bonds is 3. The summed E-state index contributed by atoms with van der Waals surface area (Å²) in [7, 11) is 0. The average Bonchev–Trinajstić information content (AvgIpc) is 2.30. The fraction of sp³-hybridized carbons (Fsp3) is 0.0909. The molecule has 0 unspecified atom stereocenters. The van der Waals surface area contributed by atoms with Gasteiger partial charge in [-0.25, -0.2) is 9.97 Å². The maximum atomic E-state index is 6.02. The number of hydrogen-bond acceptors (Lipinski definition) is 3. The summed E-state index contributed by atoms with van der Waals surface area (Å²) in [6.07, 6.45) is 3.17. The van der Waals surface area contributed by atoms with Crippen LogP contribution in [0.4, 0.5) is 0 Å². The third-order valence-corrected chi connectivity index (χ3v) is 3.00. The molecule has 0 aliphatic carbocycles. The zero-order valence-electron chi connectivity index (χ0n) is 8.53. The molecule has 3 nitrogen and oxygen atoms in total. The first kappa shape index (κ1) is 12.6. The third-order valence-electron chi connectivity index (χ3n) is 2.01. The molecule has 0 spiro atoms. The van der Waals surface area contributed by atoms with E-state index in [1.807, 2.05) is 6.07 Å². The van der Waals surface area contributed by atoms with E-state index in [0.29, 0.717) is 27.1 Å². The third kappa shape index (κ3) is 3.56. The summed E-state index contributed by atoms with van der Waals surface area (Å²) in [6.45, 7) is 0.348. The van der Waals surface area contributed by atoms with E-state index in [2.05, 4.69) is 25.9 Å². The first-order chi connectivity index (χ1) is 8.15. The van der Waals surface area contributed by atoms with Gasteiger partial charge in [-0.2, -0.15) is 0 Å². The molecule has 0 N–H and O–H groups in total. The van der Waals surface area contributed by atoms with E-state index >= 15 is 0 Å². The first-order valence-electron chi connectivity index (χ1n) is 4.69. The van der Waals surface area contributed by atoms with E-state index in [1.165, 1.54) is 0 Å². The van der Waals surface area contributed by atoms with Crippen molar-refractivity contribution in [3.63, 3.8) is 0 Å². The highest BCUT2D eigenvalue weighted by molar-refractivity contribution is 9.10. The van der Waals surface area contributed by atoms with Crippen molar-refractivity contribution >= 4 is 39.1 Å². The van der Waals surface area contributed by atoms with Crippen LogP contribution in [0.25, 0.3) is 0 Å². The van der Waals surface area contributed by atoms with Crippen molar-refractivity contribution in [2.45, 2.75) is 6.61 Å². The molecule has 1 aromatic carbocycles. The molecule has 0 bridgehead atoms. The van der Waals surface area contributed by atoms with Crippen molar-refractivity contribution in [3.05, 3.63) is 50.9 Å². The van der Waals surface area contributed by atoms with Gasteiger partial charge in [-0.05, 0) is 28.1 Å². The largest absolute Gasteiger partial charge is 0.486 e. The van der Waals surface area contributed by atoms with Crippen LogP contribution in [0.1, 0.15) is 5.56 Å². The summed E-state index contributed by atoms with van der Waals surface area (Å²) in [5, 5.41) is 1.18. The van der Waals surface area contributed by atoms with Crippen LogP contribution in [0.3, 0.4) is 0 Å². The van der Waals surface area contributed by atoms with E-state index in [-0.39, 0.29) is 0 Å². The lowest BCUT2D eigenvalue weighted by molar-refractivity contribution is 0.303. The second kappa shape index (κ2) is 5.67. The molecular weight excluding hydrogens is 327 g/mol. The Balaban J connectivity index is 2.04. The Labute approximate surface area is 117 Å². The maximum Gasteiger partial charge on any atom is 0.196 e. The Morgan fingerprint density at radius 2 is 1.88 bits per heavy atom. The van der Waals surface area contributed by atoms with Crippen LogP contribution in [0.5, 0.6) is 5.75 Å². The molecule has 1 heterocycles. The second-order valence-electron chi connectivity index (χ2n) is 3.21. The van der Waals surface area contributed by atoms with Gasteiger partial charge in [0.25, 0.3) is 0 Å². The Morgan fingerprint density at radius 3 is 2.53 bits per heavy atom. The monoisotopic (exact) mass is 332 g/mol. The molecule has 1 aromatic heterocycles. The van der Waals surface area contributed by atoms with E-state index in [9.17, 15) is 0 Å². The van der Waals surface area contributed by atoms with E-state index in [1.54, 1.807) is 24.5 Å². The van der Waals surface area contributed by atoms with Crippen LogP contribution < -0.4 is 4.74 Å². The zero-order valence-corrected chi connectivity index (χ0v) is 11.6. The number of aromatic nitrogens is 2. The Bertz CT molecular complexity index is 519. The summed E-state index contributed by atoms with van der Waals surface area (Å²) >= 11 is 15.0. The van der Waals surface area contributed by atoms with Gasteiger partial charge in [0.05, 0.1) is 12.4 Å². The Morgan fingerprint density at radius 1 is 1.18 bits per heavy atom. The van der Waals surface area contributed by atoms with Gasteiger partial charge in [-0.3, -0.25) is 0 Å². The Hall–Kier alpha value is -0.840. The molecular formula is C11H7BrCl2N2O. The lowest BCUT2D eigenvalue weighted by atomic mass is 10.2. The highest BCUT2D eigenvalue weighted by Gasteiger charge is 2.03. The zero-order chi connectivity index (χ0) is 12.3. The van der Waals surface area contributed by atoms with Crippen LogP contribution >= 0.6 is 39.1 Å². The van der Waals surface area contributed by atoms with Gasteiger partial charge in [0.15, 0.2) is 10.5 Å². The number of hydrogen-bond donors (Lipinski definition) is 0. The minimum absolute atomic E-state index is 0.348. The summed E-state index contributed by atoms with van der Waals surface area (Å²) in [5.41, 5.74) is 0.860. The molecule has 2 rings (SSSR count). The molecule has 0 aliphatic heterocycles. The van der Waals surface area contributed by atoms with Crippen LogP contribution in [0.15, 0.2) is 35.3 Å². The van der Waals surface area contributed by atoms with Gasteiger partial charge in [0, 0.05) is 15.6 Å². The van der Waals surface area contributed by atoms with E-state index < -0.39 is 0 Å². The number of ether oxygens (including phenoxy) is 1. The molecule has 0 atom stereocenters. The van der Waals surface area contributed by atoms with Gasteiger partial charge in [-0.15, -0.1) is 0 Å². The van der Waals surface area contributed by atoms with Gasteiger partial charge in [0.1, 0.15) is 6.61 Å². The van der Waals surface area contributed by atoms with Crippen molar-refractivity contribution in [1.29, 1.82) is 0 Å². The molecule has 88 valence electrons. The SMILES string of the molecule is Clc1ccc(COc2cnc(Br)nc2)c(Cl)c1. The highest BCUT2D eigenvalue weighted by Crippen LogP contribution is 2.22. The van der Waals surface area contributed by atoms with Gasteiger partial charge >= 0.3 is 0 Å². The van der Waals surface area contributed by atoms with Crippen LogP contribution in [0, 0.1) is 0 Å². The topological polar surface area (TPSA) is 35.0 Å². The molecule has 2 aromatic rings. The molecule has 0 saturated carbocycles. The van der Waals surface area contributed by atoms with Crippen molar-refractivity contribution in [1.82, 2.24) is 9.97 Å². The standard InChI is InChI=1S/C11H7BrCl2N2O/c12-11-15-4-9(5-16-11)17-6-7-1-2-8(13)3-10(7)14/h1-5H,6H2. The summed E-state index contributed by atoms with van der Waals surface area (Å²) in [4.78, 5) is 7.91. The fourth-order valence-corrected chi connectivity index (χ4v) is 1.84. The molecule has 0 radical (unpaired) electrons. The highest BCUT2D eigenvalue weighted by atomic mass is 79.9. The summed E-state index contributed by atoms with van der Waals surface area (Å²) in [6, 6.07) is 5.27. The van der Waals surface area contributed by atoms with E-state index in [0.717, 1.165) is 5.56 Å². The first-order valence-corrected chi connectivity index (χ1v) is 6.24. The molecule has 0 aliphatic rings. The van der Waals surface area contributed by atoms with Crippen LogP contribution in [0.2, 0.25) is 10.0 Å². The second-order valence-corrected chi connectivity index (χ2v) is 4.77. The number of halogens is 3. The molecule has 17 heavy (non-hydrogen) atoms. The smallest absolute Gasteiger partial charge is 0.196 e. The van der Waals surface area contributed by atoms with Crippen molar-refractivity contribution in [3.8, 4) is 5.75 Å². The van der Waals surface area contributed by atoms with Gasteiger partial charge < -0.3 is 4.74 Å². The van der Waals surface area contributed by atoms with Crippen molar-refractivity contribution in [2.24, 2.45) is 0 Å². The normalized spacial score (nSPS) is 10.3.